The molecule has 2 fully saturated rings. The van der Waals surface area contributed by atoms with Crippen LogP contribution in [0.1, 0.15) is 49.9 Å². The van der Waals surface area contributed by atoms with Gasteiger partial charge in [0, 0.05) is 24.7 Å². The highest BCUT2D eigenvalue weighted by atomic mass is 19.1. The Balaban J connectivity index is 1.21. The van der Waals surface area contributed by atoms with E-state index in [1.807, 2.05) is 6.92 Å². The molecular weight excluding hydrogens is 441 g/mol. The average Bonchev–Trinajstić information content (AvgIpc) is 3.22. The molecule has 0 N–H and O–H groups in total. The summed E-state index contributed by atoms with van der Waals surface area (Å²) in [6.07, 6.45) is 7.47. The van der Waals surface area contributed by atoms with Crippen molar-refractivity contribution >= 4 is 6.09 Å². The first-order valence-corrected chi connectivity index (χ1v) is 11.2. The molecule has 0 bridgehead atoms. The number of ether oxygens (including phenoxy) is 2. The van der Waals surface area contributed by atoms with Crippen molar-refractivity contribution in [2.75, 3.05) is 13.1 Å². The van der Waals surface area contributed by atoms with Crippen molar-refractivity contribution < 1.29 is 18.7 Å². The molecule has 0 atom stereocenters. The predicted octanol–water partition coefficient (Wildman–Crippen LogP) is 3.38. The number of nitriles is 1. The first-order valence-electron chi connectivity index (χ1n) is 11.2. The topological polar surface area (TPSA) is 111 Å². The van der Waals surface area contributed by atoms with E-state index in [4.69, 9.17) is 9.47 Å². The van der Waals surface area contributed by atoms with Crippen molar-refractivity contribution in [1.29, 1.82) is 5.26 Å². The Labute approximate surface area is 195 Å². The van der Waals surface area contributed by atoms with Gasteiger partial charge in [-0.05, 0) is 44.7 Å². The van der Waals surface area contributed by atoms with E-state index in [-0.39, 0.29) is 30.1 Å². The number of hydrogen-bond acceptors (Lipinski definition) is 7. The molecule has 1 aliphatic carbocycles. The number of halogens is 1. The molecule has 0 radical (unpaired) electrons. The lowest BCUT2D eigenvalue weighted by Gasteiger charge is -2.32. The largest absolute Gasteiger partial charge is 0.486 e. The lowest BCUT2D eigenvalue weighted by atomic mass is 10.1. The molecule has 1 amide bonds. The van der Waals surface area contributed by atoms with Gasteiger partial charge in [-0.25, -0.2) is 9.18 Å². The zero-order valence-electron chi connectivity index (χ0n) is 18.7. The minimum atomic E-state index is -0.556. The van der Waals surface area contributed by atoms with Crippen molar-refractivity contribution in [3.8, 4) is 17.5 Å². The lowest BCUT2D eigenvalue weighted by Crippen LogP contribution is -2.41. The predicted molar refractivity (Wildman–Crippen MR) is 117 cm³/mol. The second-order valence-electron chi connectivity index (χ2n) is 8.83. The van der Waals surface area contributed by atoms with E-state index in [0.717, 1.165) is 12.8 Å². The fourth-order valence-electron chi connectivity index (χ4n) is 3.99. The fraction of sp³-hybridized carbons (Fsp3) is 0.435. The van der Waals surface area contributed by atoms with E-state index in [2.05, 4.69) is 21.4 Å². The molecule has 2 aliphatic rings. The summed E-state index contributed by atoms with van der Waals surface area (Å²) in [4.78, 5) is 15.4. The summed E-state index contributed by atoms with van der Waals surface area (Å²) in [7, 11) is 0. The van der Waals surface area contributed by atoms with Crippen LogP contribution in [-0.2, 0) is 11.3 Å². The van der Waals surface area contributed by atoms with Crippen LogP contribution in [-0.4, -0.2) is 54.5 Å². The molecule has 34 heavy (non-hydrogen) atoms. The fourth-order valence-corrected chi connectivity index (χ4v) is 3.99. The van der Waals surface area contributed by atoms with Gasteiger partial charge in [0.1, 0.15) is 24.0 Å². The highest BCUT2D eigenvalue weighted by molar-refractivity contribution is 5.68. The van der Waals surface area contributed by atoms with Gasteiger partial charge in [0.05, 0.1) is 30.3 Å². The second kappa shape index (κ2) is 8.78. The number of hydrogen-bond donors (Lipinski definition) is 0. The normalized spacial score (nSPS) is 17.3. The molecule has 5 rings (SSSR count). The summed E-state index contributed by atoms with van der Waals surface area (Å²) in [5, 5.41) is 22.1. The Hall–Kier alpha value is -3.94. The van der Waals surface area contributed by atoms with Gasteiger partial charge >= 0.3 is 6.09 Å². The van der Waals surface area contributed by atoms with Crippen LogP contribution in [0.5, 0.6) is 5.75 Å². The van der Waals surface area contributed by atoms with Crippen molar-refractivity contribution in [2.45, 2.75) is 50.9 Å². The Morgan fingerprint density at radius 1 is 1.24 bits per heavy atom. The SMILES string of the molecule is CC1(OC(=O)N2CCC(n3ncc(COc4ccc(-n5nccn5)cc4F)c3C#N)CC2)CC1. The molecule has 11 heteroatoms. The van der Waals surface area contributed by atoms with E-state index < -0.39 is 5.82 Å². The number of carbonyl (C=O) groups is 1. The summed E-state index contributed by atoms with van der Waals surface area (Å²) in [5.74, 6) is -0.497. The van der Waals surface area contributed by atoms with Crippen LogP contribution in [0.4, 0.5) is 9.18 Å². The molecule has 1 saturated carbocycles. The maximum Gasteiger partial charge on any atom is 0.410 e. The van der Waals surface area contributed by atoms with E-state index in [9.17, 15) is 14.4 Å². The highest BCUT2D eigenvalue weighted by Crippen LogP contribution is 2.39. The molecule has 176 valence electrons. The quantitative estimate of drug-likeness (QED) is 0.549. The molecule has 1 aliphatic heterocycles. The minimum Gasteiger partial charge on any atom is -0.486 e. The summed E-state index contributed by atoms with van der Waals surface area (Å²) >= 11 is 0. The Bertz CT molecular complexity index is 1220. The van der Waals surface area contributed by atoms with Gasteiger partial charge in [0.25, 0.3) is 0 Å². The molecule has 1 aromatic carbocycles. The molecule has 0 unspecified atom stereocenters. The molecule has 3 heterocycles. The summed E-state index contributed by atoms with van der Waals surface area (Å²) in [6, 6.07) is 6.62. The summed E-state index contributed by atoms with van der Waals surface area (Å²) in [5.41, 5.74) is 1.13. The van der Waals surface area contributed by atoms with Crippen LogP contribution < -0.4 is 4.74 Å². The Kier molecular flexibility index (Phi) is 5.65. The first-order chi connectivity index (χ1) is 16.5. The Morgan fingerprint density at radius 3 is 2.62 bits per heavy atom. The van der Waals surface area contributed by atoms with Gasteiger partial charge in [0.15, 0.2) is 11.6 Å². The molecule has 0 spiro atoms. The van der Waals surface area contributed by atoms with E-state index in [1.54, 1.807) is 21.8 Å². The number of nitrogens with zero attached hydrogens (tertiary/aromatic N) is 7. The number of likely N-dealkylation sites (tertiary alicyclic amines) is 1. The van der Waals surface area contributed by atoms with Crippen LogP contribution in [0, 0.1) is 17.1 Å². The van der Waals surface area contributed by atoms with Gasteiger partial charge in [-0.1, -0.05) is 0 Å². The first kappa shape index (κ1) is 21.9. The van der Waals surface area contributed by atoms with E-state index in [0.29, 0.717) is 42.9 Å². The summed E-state index contributed by atoms with van der Waals surface area (Å²) in [6.45, 7) is 3.03. The van der Waals surface area contributed by atoms with E-state index >= 15 is 0 Å². The van der Waals surface area contributed by atoms with Crippen molar-refractivity contribution in [2.24, 2.45) is 0 Å². The van der Waals surface area contributed by atoms with Crippen LogP contribution >= 0.6 is 0 Å². The molecule has 10 nitrogen and oxygen atoms in total. The third-order valence-corrected chi connectivity index (χ3v) is 6.28. The molecule has 2 aromatic heterocycles. The smallest absolute Gasteiger partial charge is 0.410 e. The highest BCUT2D eigenvalue weighted by Gasteiger charge is 2.43. The van der Waals surface area contributed by atoms with Crippen LogP contribution in [0.3, 0.4) is 0 Å². The Morgan fingerprint density at radius 2 is 1.97 bits per heavy atom. The van der Waals surface area contributed by atoms with Gasteiger partial charge in [-0.15, -0.1) is 0 Å². The number of amides is 1. The monoisotopic (exact) mass is 465 g/mol. The summed E-state index contributed by atoms with van der Waals surface area (Å²) < 4.78 is 27.4. The third kappa shape index (κ3) is 4.44. The average molecular weight is 465 g/mol. The van der Waals surface area contributed by atoms with E-state index in [1.165, 1.54) is 29.3 Å². The molecular formula is C23H24FN7O3. The van der Waals surface area contributed by atoms with Crippen LogP contribution in [0.25, 0.3) is 5.69 Å². The van der Waals surface area contributed by atoms with Gasteiger partial charge in [-0.3, -0.25) is 4.68 Å². The number of benzene rings is 1. The molecule has 1 saturated heterocycles. The number of aromatic nitrogens is 5. The minimum absolute atomic E-state index is 0.00291. The van der Waals surface area contributed by atoms with Crippen molar-refractivity contribution in [3.63, 3.8) is 0 Å². The number of rotatable bonds is 6. The van der Waals surface area contributed by atoms with Crippen molar-refractivity contribution in [1.82, 2.24) is 29.7 Å². The standard InChI is InChI=1S/C23H24FN7O3/c1-23(6-7-23)34-22(32)29-10-4-17(5-11-29)30-20(13-25)16(14-28-30)15-33-21-3-2-18(12-19(21)24)31-26-8-9-27-31/h2-3,8-9,12,14,17H,4-7,10-11,15H2,1H3. The number of carbonyl (C=O) groups excluding carboxylic acids is 1. The maximum atomic E-state index is 14.5. The lowest BCUT2D eigenvalue weighted by molar-refractivity contribution is 0.0489. The van der Waals surface area contributed by atoms with Gasteiger partial charge < -0.3 is 14.4 Å². The van der Waals surface area contributed by atoms with Gasteiger partial charge in [0.2, 0.25) is 0 Å². The van der Waals surface area contributed by atoms with Gasteiger partial charge in [-0.2, -0.15) is 25.4 Å². The second-order valence-corrected chi connectivity index (χ2v) is 8.83. The zero-order chi connectivity index (χ0) is 23.7. The number of piperidine rings is 1. The zero-order valence-corrected chi connectivity index (χ0v) is 18.7. The van der Waals surface area contributed by atoms with Crippen molar-refractivity contribution in [3.05, 3.63) is 53.9 Å². The van der Waals surface area contributed by atoms with Crippen LogP contribution in [0.15, 0.2) is 36.8 Å². The molecule has 3 aromatic rings. The van der Waals surface area contributed by atoms with Crippen LogP contribution in [0.2, 0.25) is 0 Å². The third-order valence-electron chi connectivity index (χ3n) is 6.28. The maximum absolute atomic E-state index is 14.5.